The average Bonchev–Trinajstić information content (AvgIpc) is 3.30. The van der Waals surface area contributed by atoms with Gasteiger partial charge in [0, 0.05) is 31.2 Å². The Morgan fingerprint density at radius 1 is 1.16 bits per heavy atom. The first kappa shape index (κ1) is 21.0. The van der Waals surface area contributed by atoms with Crippen LogP contribution in [-0.2, 0) is 9.53 Å². The minimum atomic E-state index is -0.0681. The molecule has 0 spiro atoms. The summed E-state index contributed by atoms with van der Waals surface area (Å²) >= 11 is 0. The highest BCUT2D eigenvalue weighted by Crippen LogP contribution is 2.47. The molecule has 3 atom stereocenters. The molecule has 1 amide bonds. The highest BCUT2D eigenvalue weighted by Gasteiger charge is 2.45. The molecule has 2 aromatic rings. The fourth-order valence-corrected chi connectivity index (χ4v) is 5.33. The van der Waals surface area contributed by atoms with Gasteiger partial charge in [0.05, 0.1) is 50.1 Å². The lowest BCUT2D eigenvalue weighted by atomic mass is 9.82. The number of anilines is 1. The summed E-state index contributed by atoms with van der Waals surface area (Å²) in [7, 11) is 0. The average molecular weight is 433 g/mol. The zero-order valence-corrected chi connectivity index (χ0v) is 18.0. The van der Waals surface area contributed by atoms with E-state index in [9.17, 15) is 15.2 Å². The van der Waals surface area contributed by atoms with Crippen molar-refractivity contribution in [3.63, 3.8) is 0 Å². The molecule has 0 unspecified atom stereocenters. The predicted molar refractivity (Wildman–Crippen MR) is 121 cm³/mol. The summed E-state index contributed by atoms with van der Waals surface area (Å²) < 4.78 is 5.42. The lowest BCUT2D eigenvalue weighted by molar-refractivity contribution is -0.134. The topological polar surface area (TPSA) is 88.8 Å². The largest absolute Gasteiger partial charge is 0.394 e. The summed E-state index contributed by atoms with van der Waals surface area (Å²) in [5.74, 6) is 0.308. The van der Waals surface area contributed by atoms with Crippen molar-refractivity contribution in [1.82, 2.24) is 9.80 Å². The molecule has 32 heavy (non-hydrogen) atoms. The van der Waals surface area contributed by atoms with E-state index in [2.05, 4.69) is 22.4 Å². The number of rotatable bonds is 4. The number of nitriles is 1. The van der Waals surface area contributed by atoms with E-state index in [1.54, 1.807) is 6.07 Å². The molecule has 0 aliphatic carbocycles. The maximum atomic E-state index is 13.3. The van der Waals surface area contributed by atoms with Crippen LogP contribution in [0.4, 0.5) is 5.69 Å². The molecule has 7 nitrogen and oxygen atoms in total. The van der Waals surface area contributed by atoms with E-state index in [0.29, 0.717) is 31.9 Å². The van der Waals surface area contributed by atoms with Crippen LogP contribution in [-0.4, -0.2) is 72.9 Å². The Kier molecular flexibility index (Phi) is 5.83. The Labute approximate surface area is 188 Å². The van der Waals surface area contributed by atoms with Gasteiger partial charge in [-0.2, -0.15) is 5.26 Å². The van der Waals surface area contributed by atoms with Crippen LogP contribution in [0.3, 0.4) is 0 Å². The maximum absolute atomic E-state index is 13.3. The van der Waals surface area contributed by atoms with Gasteiger partial charge in [-0.1, -0.05) is 18.2 Å². The third-order valence-corrected chi connectivity index (χ3v) is 6.98. The van der Waals surface area contributed by atoms with E-state index >= 15 is 0 Å². The second-order valence-corrected chi connectivity index (χ2v) is 8.80. The van der Waals surface area contributed by atoms with Crippen LogP contribution in [0.15, 0.2) is 42.5 Å². The number of hydrogen-bond donors (Lipinski definition) is 2. The van der Waals surface area contributed by atoms with Crippen molar-refractivity contribution in [2.75, 3.05) is 51.3 Å². The molecule has 0 radical (unpaired) electrons. The lowest BCUT2D eigenvalue weighted by Crippen LogP contribution is -2.47. The van der Waals surface area contributed by atoms with Crippen molar-refractivity contribution < 1.29 is 14.6 Å². The number of carbonyl (C=O) groups excluding carboxylic acids is 1. The molecular formula is C25H28N4O3. The third-order valence-electron chi connectivity index (χ3n) is 6.98. The first-order valence-electron chi connectivity index (χ1n) is 11.3. The van der Waals surface area contributed by atoms with Gasteiger partial charge in [0.2, 0.25) is 5.91 Å². The van der Waals surface area contributed by atoms with Crippen LogP contribution < -0.4 is 5.32 Å². The highest BCUT2D eigenvalue weighted by atomic mass is 16.5. The smallest absolute Gasteiger partial charge is 0.237 e. The predicted octanol–water partition coefficient (Wildman–Crippen LogP) is 2.23. The number of hydrogen-bond acceptors (Lipinski definition) is 6. The molecule has 3 aliphatic rings. The van der Waals surface area contributed by atoms with Gasteiger partial charge in [0.1, 0.15) is 0 Å². The van der Waals surface area contributed by atoms with E-state index in [1.807, 2.05) is 35.2 Å². The minimum Gasteiger partial charge on any atom is -0.394 e. The van der Waals surface area contributed by atoms with Crippen LogP contribution in [0.5, 0.6) is 0 Å². The van der Waals surface area contributed by atoms with Gasteiger partial charge in [0.25, 0.3) is 0 Å². The number of amides is 1. The second kappa shape index (κ2) is 8.91. The Hall–Kier alpha value is -2.92. The zero-order valence-electron chi connectivity index (χ0n) is 18.0. The molecule has 2 saturated heterocycles. The van der Waals surface area contributed by atoms with Crippen LogP contribution in [0, 0.1) is 17.2 Å². The number of aliphatic hydroxyl groups is 1. The van der Waals surface area contributed by atoms with E-state index < -0.39 is 0 Å². The highest BCUT2D eigenvalue weighted by molar-refractivity contribution is 5.80. The second-order valence-electron chi connectivity index (χ2n) is 8.80. The fraction of sp³-hybridized carbons (Fsp3) is 0.440. The third kappa shape index (κ3) is 3.86. The summed E-state index contributed by atoms with van der Waals surface area (Å²) in [5.41, 5.74) is 4.69. The minimum absolute atomic E-state index is 0.0397. The molecule has 5 rings (SSSR count). The van der Waals surface area contributed by atoms with Crippen molar-refractivity contribution in [3.8, 4) is 17.2 Å². The van der Waals surface area contributed by atoms with E-state index in [4.69, 9.17) is 4.74 Å². The van der Waals surface area contributed by atoms with Crippen LogP contribution in [0.1, 0.15) is 23.6 Å². The molecule has 7 heteroatoms. The standard InChI is InChI=1S/C25H28N4O3/c26-14-17-2-1-3-18(12-17)19-4-5-22-21(13-19)25-20(23(16-30)27-22)6-7-29(25)24(31)15-28-8-10-32-11-9-28/h1-5,12-13,20,23,25,27,30H,6-11,15-16H2/t20-,23-,25-/m0/s1. The van der Waals surface area contributed by atoms with Crippen molar-refractivity contribution in [2.24, 2.45) is 5.92 Å². The maximum Gasteiger partial charge on any atom is 0.237 e. The molecule has 0 saturated carbocycles. The Morgan fingerprint density at radius 2 is 1.97 bits per heavy atom. The number of ether oxygens (including phenoxy) is 1. The number of carbonyl (C=O) groups is 1. The quantitative estimate of drug-likeness (QED) is 0.770. The summed E-state index contributed by atoms with van der Waals surface area (Å²) in [5, 5.41) is 22.8. The molecule has 2 aromatic carbocycles. The van der Waals surface area contributed by atoms with Gasteiger partial charge in [0.15, 0.2) is 0 Å². The first-order valence-corrected chi connectivity index (χ1v) is 11.3. The number of morpholine rings is 1. The number of benzene rings is 2. The summed E-state index contributed by atoms with van der Waals surface area (Å²) in [4.78, 5) is 17.5. The van der Waals surface area contributed by atoms with Gasteiger partial charge >= 0.3 is 0 Å². The van der Waals surface area contributed by atoms with Gasteiger partial charge in [-0.3, -0.25) is 9.69 Å². The molecule has 2 N–H and O–H groups in total. The van der Waals surface area contributed by atoms with Crippen molar-refractivity contribution in [2.45, 2.75) is 18.5 Å². The number of aliphatic hydroxyl groups excluding tert-OH is 1. The van der Waals surface area contributed by atoms with Crippen molar-refractivity contribution >= 4 is 11.6 Å². The van der Waals surface area contributed by atoms with Crippen molar-refractivity contribution in [3.05, 3.63) is 53.6 Å². The van der Waals surface area contributed by atoms with E-state index in [1.165, 1.54) is 0 Å². The molecule has 2 fully saturated rings. The summed E-state index contributed by atoms with van der Waals surface area (Å²) in [6.45, 7) is 4.05. The van der Waals surface area contributed by atoms with E-state index in [-0.39, 0.29) is 30.5 Å². The van der Waals surface area contributed by atoms with Crippen LogP contribution in [0.2, 0.25) is 0 Å². The molecular weight excluding hydrogens is 404 g/mol. The van der Waals surface area contributed by atoms with Crippen LogP contribution >= 0.6 is 0 Å². The Balaban J connectivity index is 1.48. The fourth-order valence-electron chi connectivity index (χ4n) is 5.33. The molecule has 0 bridgehead atoms. The van der Waals surface area contributed by atoms with Gasteiger partial charge < -0.3 is 20.1 Å². The summed E-state index contributed by atoms with van der Waals surface area (Å²) in [6, 6.07) is 15.9. The lowest BCUT2D eigenvalue weighted by Gasteiger charge is -2.40. The Morgan fingerprint density at radius 3 is 2.75 bits per heavy atom. The zero-order chi connectivity index (χ0) is 22.1. The number of likely N-dealkylation sites (tertiary alicyclic amines) is 1. The molecule has 3 heterocycles. The number of nitrogens with zero attached hydrogens (tertiary/aromatic N) is 3. The van der Waals surface area contributed by atoms with Crippen LogP contribution in [0.25, 0.3) is 11.1 Å². The van der Waals surface area contributed by atoms with Gasteiger partial charge in [-0.05, 0) is 47.4 Å². The molecule has 0 aromatic heterocycles. The number of nitrogens with one attached hydrogen (secondary N) is 1. The molecule has 3 aliphatic heterocycles. The van der Waals surface area contributed by atoms with E-state index in [0.717, 1.165) is 41.9 Å². The normalized spacial score (nSPS) is 24.9. The van der Waals surface area contributed by atoms with Gasteiger partial charge in [-0.15, -0.1) is 0 Å². The monoisotopic (exact) mass is 432 g/mol. The summed E-state index contributed by atoms with van der Waals surface area (Å²) in [6.07, 6.45) is 0.866. The van der Waals surface area contributed by atoms with Gasteiger partial charge in [-0.25, -0.2) is 0 Å². The molecule has 166 valence electrons. The SMILES string of the molecule is N#Cc1cccc(-c2ccc3c(c2)[C@@H]2[C@@H](CCN2C(=O)CN2CCOCC2)[C@H](CO)N3)c1. The van der Waals surface area contributed by atoms with Crippen molar-refractivity contribution in [1.29, 1.82) is 5.26 Å². The first-order chi connectivity index (χ1) is 15.7. The Bertz CT molecular complexity index is 1040. The number of fused-ring (bicyclic) bond motifs is 3.